The summed E-state index contributed by atoms with van der Waals surface area (Å²) < 4.78 is 16.3. The fourth-order valence-corrected chi connectivity index (χ4v) is 2.11. The molecule has 1 heterocycles. The molecule has 1 aliphatic rings. The lowest BCUT2D eigenvalue weighted by atomic mass is 10.0. The summed E-state index contributed by atoms with van der Waals surface area (Å²) >= 11 is 0. The molecule has 0 atom stereocenters. The van der Waals surface area contributed by atoms with Crippen LogP contribution in [0.3, 0.4) is 0 Å². The van der Waals surface area contributed by atoms with Crippen LogP contribution in [0.5, 0.6) is 0 Å². The molecule has 0 spiro atoms. The number of hydrogen-bond acceptors (Lipinski definition) is 4. The summed E-state index contributed by atoms with van der Waals surface area (Å²) in [6.07, 6.45) is 0.138. The lowest BCUT2D eigenvalue weighted by Crippen LogP contribution is -2.34. The third kappa shape index (κ3) is 3.45. The van der Waals surface area contributed by atoms with Gasteiger partial charge in [0.15, 0.2) is 5.79 Å². The van der Waals surface area contributed by atoms with Gasteiger partial charge in [-0.25, -0.2) is 4.79 Å². The Morgan fingerprint density at radius 1 is 1.32 bits per heavy atom. The van der Waals surface area contributed by atoms with Crippen LogP contribution in [-0.4, -0.2) is 32.5 Å². The number of nitrogens with one attached hydrogen (secondary N) is 1. The number of ether oxygens (including phenoxy) is 3. The summed E-state index contributed by atoms with van der Waals surface area (Å²) in [6, 6.07) is 9.77. The Kier molecular flexibility index (Phi) is 4.76. The Labute approximate surface area is 112 Å². The predicted octanol–water partition coefficient (Wildman–Crippen LogP) is 2.02. The van der Waals surface area contributed by atoms with Crippen LogP contribution in [0, 0.1) is 0 Å². The van der Waals surface area contributed by atoms with E-state index in [9.17, 15) is 4.79 Å². The lowest BCUT2D eigenvalue weighted by molar-refractivity contribution is -0.169. The second-order valence-electron chi connectivity index (χ2n) is 4.21. The van der Waals surface area contributed by atoms with Crippen LogP contribution < -0.4 is 5.32 Å². The molecular formula is C14H19NO4. The monoisotopic (exact) mass is 265 g/mol. The summed E-state index contributed by atoms with van der Waals surface area (Å²) in [5.74, 6) is -0.749. The van der Waals surface area contributed by atoms with Gasteiger partial charge in [-0.3, -0.25) is 0 Å². The second kappa shape index (κ2) is 6.54. The van der Waals surface area contributed by atoms with Crippen LogP contribution in [0.15, 0.2) is 30.3 Å². The molecule has 5 nitrogen and oxygen atoms in total. The van der Waals surface area contributed by atoms with Crippen molar-refractivity contribution in [2.45, 2.75) is 19.1 Å². The maximum Gasteiger partial charge on any atom is 0.407 e. The Balaban J connectivity index is 1.95. The minimum Gasteiger partial charge on any atom is -0.450 e. The van der Waals surface area contributed by atoms with Crippen LogP contribution in [-0.2, 0) is 20.0 Å². The number of alkyl carbamates (subject to hydrolysis) is 1. The quantitative estimate of drug-likeness (QED) is 0.885. The topological polar surface area (TPSA) is 56.8 Å². The van der Waals surface area contributed by atoms with Crippen LogP contribution in [0.25, 0.3) is 0 Å². The molecule has 1 aromatic rings. The molecule has 0 unspecified atom stereocenters. The van der Waals surface area contributed by atoms with Crippen LogP contribution in [0.1, 0.15) is 18.9 Å². The Bertz CT molecular complexity index is 401. The molecule has 5 heteroatoms. The molecule has 1 aliphatic heterocycles. The van der Waals surface area contributed by atoms with E-state index in [1.54, 1.807) is 6.92 Å². The fourth-order valence-electron chi connectivity index (χ4n) is 2.11. The van der Waals surface area contributed by atoms with Gasteiger partial charge in [0.05, 0.1) is 19.8 Å². The average molecular weight is 265 g/mol. The van der Waals surface area contributed by atoms with Gasteiger partial charge in [-0.05, 0) is 6.92 Å². The van der Waals surface area contributed by atoms with Crippen molar-refractivity contribution in [2.24, 2.45) is 0 Å². The number of hydrogen-bond donors (Lipinski definition) is 1. The highest BCUT2D eigenvalue weighted by Gasteiger charge is 2.38. The zero-order valence-corrected chi connectivity index (χ0v) is 11.1. The smallest absolute Gasteiger partial charge is 0.407 e. The van der Waals surface area contributed by atoms with Gasteiger partial charge >= 0.3 is 6.09 Å². The molecule has 0 bridgehead atoms. The molecule has 0 aromatic heterocycles. The molecule has 0 aliphatic carbocycles. The Morgan fingerprint density at radius 2 is 2.00 bits per heavy atom. The molecule has 1 amide bonds. The van der Waals surface area contributed by atoms with Crippen molar-refractivity contribution in [3.63, 3.8) is 0 Å². The first kappa shape index (κ1) is 13.8. The first-order valence-electron chi connectivity index (χ1n) is 6.51. The molecule has 0 saturated carbocycles. The Morgan fingerprint density at radius 3 is 2.63 bits per heavy atom. The number of benzene rings is 1. The standard InChI is InChI=1S/C14H19NO4/c1-2-17-13(16)15-9-8-14(18-10-11-19-14)12-6-4-3-5-7-12/h3-7H,2,8-11H2,1H3,(H,15,16). The minimum absolute atomic E-state index is 0.364. The van der Waals surface area contributed by atoms with Gasteiger partial charge in [-0.15, -0.1) is 0 Å². The normalized spacial score (nSPS) is 17.1. The molecule has 1 N–H and O–H groups in total. The first-order chi connectivity index (χ1) is 9.27. The third-order valence-electron chi connectivity index (χ3n) is 2.97. The number of carbonyl (C=O) groups is 1. The largest absolute Gasteiger partial charge is 0.450 e. The van der Waals surface area contributed by atoms with E-state index < -0.39 is 11.9 Å². The van der Waals surface area contributed by atoms with Crippen molar-refractivity contribution in [1.82, 2.24) is 5.32 Å². The van der Waals surface area contributed by atoms with E-state index in [1.165, 1.54) is 0 Å². The van der Waals surface area contributed by atoms with E-state index in [0.29, 0.717) is 32.8 Å². The van der Waals surface area contributed by atoms with Crippen molar-refractivity contribution in [1.29, 1.82) is 0 Å². The third-order valence-corrected chi connectivity index (χ3v) is 2.97. The van der Waals surface area contributed by atoms with Crippen molar-refractivity contribution < 1.29 is 19.0 Å². The lowest BCUT2D eigenvalue weighted by Gasteiger charge is -2.27. The van der Waals surface area contributed by atoms with Gasteiger partial charge in [-0.1, -0.05) is 30.3 Å². The van der Waals surface area contributed by atoms with Gasteiger partial charge in [0.2, 0.25) is 0 Å². The Hall–Kier alpha value is -1.59. The summed E-state index contributed by atoms with van der Waals surface area (Å²) in [4.78, 5) is 11.2. The van der Waals surface area contributed by atoms with Crippen molar-refractivity contribution in [3.8, 4) is 0 Å². The van der Waals surface area contributed by atoms with Crippen LogP contribution in [0.4, 0.5) is 4.79 Å². The number of carbonyl (C=O) groups excluding carboxylic acids is 1. The molecule has 1 fully saturated rings. The fraction of sp³-hybridized carbons (Fsp3) is 0.500. The highest BCUT2D eigenvalue weighted by molar-refractivity contribution is 5.66. The molecule has 1 saturated heterocycles. The van der Waals surface area contributed by atoms with Crippen molar-refractivity contribution in [3.05, 3.63) is 35.9 Å². The molecule has 19 heavy (non-hydrogen) atoms. The minimum atomic E-state index is -0.749. The van der Waals surface area contributed by atoms with E-state index in [0.717, 1.165) is 5.56 Å². The molecule has 0 radical (unpaired) electrons. The molecule has 1 aromatic carbocycles. The van der Waals surface area contributed by atoms with E-state index in [1.807, 2.05) is 30.3 Å². The van der Waals surface area contributed by atoms with Crippen LogP contribution in [0.2, 0.25) is 0 Å². The van der Waals surface area contributed by atoms with Gasteiger partial charge in [0, 0.05) is 18.5 Å². The molecular weight excluding hydrogens is 246 g/mol. The van der Waals surface area contributed by atoms with Gasteiger partial charge in [0.25, 0.3) is 0 Å². The van der Waals surface area contributed by atoms with Crippen molar-refractivity contribution >= 4 is 6.09 Å². The maximum atomic E-state index is 11.2. The predicted molar refractivity (Wildman–Crippen MR) is 69.7 cm³/mol. The van der Waals surface area contributed by atoms with E-state index in [2.05, 4.69) is 5.32 Å². The zero-order valence-electron chi connectivity index (χ0n) is 11.1. The summed E-state index contributed by atoms with van der Waals surface area (Å²) in [7, 11) is 0. The summed E-state index contributed by atoms with van der Waals surface area (Å²) in [6.45, 7) is 3.70. The van der Waals surface area contributed by atoms with Crippen molar-refractivity contribution in [2.75, 3.05) is 26.4 Å². The number of amides is 1. The maximum absolute atomic E-state index is 11.2. The molecule has 104 valence electrons. The zero-order chi connectivity index (χ0) is 13.6. The summed E-state index contributed by atoms with van der Waals surface area (Å²) in [5.41, 5.74) is 0.971. The highest BCUT2D eigenvalue weighted by Crippen LogP contribution is 2.34. The van der Waals surface area contributed by atoms with E-state index >= 15 is 0 Å². The van der Waals surface area contributed by atoms with E-state index in [-0.39, 0.29) is 0 Å². The average Bonchev–Trinajstić information content (AvgIpc) is 2.90. The van der Waals surface area contributed by atoms with E-state index in [4.69, 9.17) is 14.2 Å². The second-order valence-corrected chi connectivity index (χ2v) is 4.21. The van der Waals surface area contributed by atoms with Gasteiger partial charge in [-0.2, -0.15) is 0 Å². The van der Waals surface area contributed by atoms with Gasteiger partial charge < -0.3 is 19.5 Å². The first-order valence-corrected chi connectivity index (χ1v) is 6.51. The van der Waals surface area contributed by atoms with Gasteiger partial charge in [0.1, 0.15) is 0 Å². The van der Waals surface area contributed by atoms with Crippen LogP contribution >= 0.6 is 0 Å². The summed E-state index contributed by atoms with van der Waals surface area (Å²) in [5, 5.41) is 2.68. The number of rotatable bonds is 5. The SMILES string of the molecule is CCOC(=O)NCCC1(c2ccccc2)OCCO1. The highest BCUT2D eigenvalue weighted by atomic mass is 16.7. The molecule has 2 rings (SSSR count).